The normalized spacial score (nSPS) is 11.9. The zero-order chi connectivity index (χ0) is 24.0. The number of fused-ring (bicyclic) bond motifs is 2. The van der Waals surface area contributed by atoms with Crippen LogP contribution in [-0.4, -0.2) is 24.2 Å². The summed E-state index contributed by atoms with van der Waals surface area (Å²) < 4.78 is 26.9. The SMILES string of the molecule is C=C(C)c1ccc2c(c1)nc(Nc1ccc(S(C)(=O)=O)cc1)n2Cc1csc2ccc(Cl)cc12. The van der Waals surface area contributed by atoms with Gasteiger partial charge in [0.25, 0.3) is 0 Å². The van der Waals surface area contributed by atoms with Gasteiger partial charge in [0, 0.05) is 21.7 Å². The van der Waals surface area contributed by atoms with Crippen LogP contribution >= 0.6 is 22.9 Å². The Morgan fingerprint density at radius 1 is 1.12 bits per heavy atom. The van der Waals surface area contributed by atoms with Crippen molar-refractivity contribution in [3.8, 4) is 0 Å². The van der Waals surface area contributed by atoms with Crippen LogP contribution in [0.1, 0.15) is 18.1 Å². The summed E-state index contributed by atoms with van der Waals surface area (Å²) in [7, 11) is -3.26. The van der Waals surface area contributed by atoms with Crippen LogP contribution in [-0.2, 0) is 16.4 Å². The van der Waals surface area contributed by atoms with E-state index in [4.69, 9.17) is 16.6 Å². The number of imidazole rings is 1. The number of benzene rings is 3. The van der Waals surface area contributed by atoms with E-state index in [-0.39, 0.29) is 4.90 Å². The van der Waals surface area contributed by atoms with E-state index in [2.05, 4.69) is 34.0 Å². The first kappa shape index (κ1) is 22.7. The maximum Gasteiger partial charge on any atom is 0.208 e. The summed E-state index contributed by atoms with van der Waals surface area (Å²) in [5.74, 6) is 0.669. The van der Waals surface area contributed by atoms with E-state index in [1.807, 2.05) is 31.2 Å². The van der Waals surface area contributed by atoms with E-state index >= 15 is 0 Å². The molecule has 172 valence electrons. The number of sulfone groups is 1. The average molecular weight is 508 g/mol. The van der Waals surface area contributed by atoms with Crippen LogP contribution in [0, 0.1) is 0 Å². The van der Waals surface area contributed by atoms with Crippen LogP contribution in [0.2, 0.25) is 5.02 Å². The van der Waals surface area contributed by atoms with Crippen LogP contribution < -0.4 is 5.32 Å². The molecule has 3 aromatic carbocycles. The molecular formula is C26H22ClN3O2S2. The highest BCUT2D eigenvalue weighted by Gasteiger charge is 2.15. The standard InChI is InChI=1S/C26H22ClN3O2S2/c1-16(2)17-4-10-24-23(12-17)29-26(28-20-6-8-21(9-7-20)34(3,31)32)30(24)14-18-15-33-25-11-5-19(27)13-22(18)25/h4-13,15H,1,14H2,2-3H3,(H,28,29). The topological polar surface area (TPSA) is 64.0 Å². The summed E-state index contributed by atoms with van der Waals surface area (Å²) >= 11 is 7.97. The summed E-state index contributed by atoms with van der Waals surface area (Å²) in [5.41, 5.74) is 5.76. The van der Waals surface area contributed by atoms with E-state index in [9.17, 15) is 8.42 Å². The van der Waals surface area contributed by atoms with E-state index < -0.39 is 9.84 Å². The zero-order valence-corrected chi connectivity index (χ0v) is 21.1. The number of hydrogen-bond donors (Lipinski definition) is 1. The number of rotatable bonds is 6. The molecule has 0 amide bonds. The van der Waals surface area contributed by atoms with Gasteiger partial charge in [-0.1, -0.05) is 29.8 Å². The van der Waals surface area contributed by atoms with Crippen molar-refractivity contribution in [2.24, 2.45) is 0 Å². The summed E-state index contributed by atoms with van der Waals surface area (Å²) in [6.45, 7) is 6.63. The minimum Gasteiger partial charge on any atom is -0.326 e. The molecule has 0 aliphatic rings. The molecule has 0 fully saturated rings. The molecule has 5 aromatic rings. The van der Waals surface area contributed by atoms with Crippen molar-refractivity contribution in [3.05, 3.63) is 88.8 Å². The van der Waals surface area contributed by atoms with Crippen molar-refractivity contribution in [2.75, 3.05) is 11.6 Å². The predicted octanol–water partition coefficient (Wildman–Crippen LogP) is 7.13. The molecular weight excluding hydrogens is 486 g/mol. The lowest BCUT2D eigenvalue weighted by molar-refractivity contribution is 0.602. The third-order valence-corrected chi connectivity index (χ3v) is 8.10. The first-order valence-corrected chi connectivity index (χ1v) is 13.7. The maximum atomic E-state index is 11.8. The Balaban J connectivity index is 1.60. The Bertz CT molecular complexity index is 1670. The third-order valence-electron chi connectivity index (χ3n) is 5.72. The van der Waals surface area contributed by atoms with Gasteiger partial charge in [0.15, 0.2) is 9.84 Å². The second-order valence-electron chi connectivity index (χ2n) is 8.33. The monoisotopic (exact) mass is 507 g/mol. The molecule has 0 saturated heterocycles. The van der Waals surface area contributed by atoms with Gasteiger partial charge in [-0.2, -0.15) is 0 Å². The van der Waals surface area contributed by atoms with Crippen LogP contribution in [0.15, 0.2) is 77.5 Å². The van der Waals surface area contributed by atoms with Crippen LogP contribution in [0.25, 0.3) is 26.7 Å². The van der Waals surface area contributed by atoms with Gasteiger partial charge in [0.1, 0.15) is 0 Å². The second-order valence-corrected chi connectivity index (χ2v) is 11.7. The molecule has 0 unspecified atom stereocenters. The molecule has 2 aromatic heterocycles. The molecule has 0 aliphatic carbocycles. The Hall–Kier alpha value is -3.13. The molecule has 5 rings (SSSR count). The van der Waals surface area contributed by atoms with E-state index in [0.717, 1.165) is 38.8 Å². The molecule has 0 aliphatic heterocycles. The summed E-state index contributed by atoms with van der Waals surface area (Å²) in [6, 6.07) is 18.8. The van der Waals surface area contributed by atoms with Crippen LogP contribution in [0.3, 0.4) is 0 Å². The molecule has 0 bridgehead atoms. The van der Waals surface area contributed by atoms with Gasteiger partial charge in [0.2, 0.25) is 5.95 Å². The van der Waals surface area contributed by atoms with Crippen molar-refractivity contribution in [1.82, 2.24) is 9.55 Å². The average Bonchev–Trinajstić information content (AvgIpc) is 3.34. The Labute approximate surface area is 207 Å². The highest BCUT2D eigenvalue weighted by molar-refractivity contribution is 7.90. The minimum atomic E-state index is -3.26. The largest absolute Gasteiger partial charge is 0.326 e. The van der Waals surface area contributed by atoms with E-state index in [1.54, 1.807) is 35.6 Å². The van der Waals surface area contributed by atoms with Crippen molar-refractivity contribution < 1.29 is 8.42 Å². The molecule has 0 spiro atoms. The molecule has 34 heavy (non-hydrogen) atoms. The third kappa shape index (κ3) is 4.34. The summed E-state index contributed by atoms with van der Waals surface area (Å²) in [6.07, 6.45) is 1.20. The number of aromatic nitrogens is 2. The number of allylic oxidation sites excluding steroid dienone is 1. The fourth-order valence-electron chi connectivity index (χ4n) is 3.91. The van der Waals surface area contributed by atoms with Gasteiger partial charge in [-0.15, -0.1) is 11.3 Å². The number of anilines is 2. The van der Waals surface area contributed by atoms with Gasteiger partial charge in [-0.05, 0) is 83.4 Å². The Morgan fingerprint density at radius 2 is 1.88 bits per heavy atom. The van der Waals surface area contributed by atoms with Gasteiger partial charge in [-0.3, -0.25) is 0 Å². The molecule has 0 saturated carbocycles. The summed E-state index contributed by atoms with van der Waals surface area (Å²) in [5, 5.41) is 7.36. The first-order valence-electron chi connectivity index (χ1n) is 10.6. The van der Waals surface area contributed by atoms with Gasteiger partial charge in [0.05, 0.1) is 22.5 Å². The first-order chi connectivity index (χ1) is 16.2. The minimum absolute atomic E-state index is 0.277. The van der Waals surface area contributed by atoms with Crippen LogP contribution in [0.4, 0.5) is 11.6 Å². The smallest absolute Gasteiger partial charge is 0.208 e. The Morgan fingerprint density at radius 3 is 2.59 bits per heavy atom. The lowest BCUT2D eigenvalue weighted by Gasteiger charge is -2.11. The Kier molecular flexibility index (Phi) is 5.72. The molecule has 0 radical (unpaired) electrons. The molecule has 2 heterocycles. The second kappa shape index (κ2) is 8.58. The van der Waals surface area contributed by atoms with Crippen molar-refractivity contribution in [3.63, 3.8) is 0 Å². The van der Waals surface area contributed by atoms with E-state index in [0.29, 0.717) is 17.5 Å². The van der Waals surface area contributed by atoms with Gasteiger partial charge in [-0.25, -0.2) is 13.4 Å². The van der Waals surface area contributed by atoms with E-state index in [1.165, 1.54) is 11.0 Å². The molecule has 5 nitrogen and oxygen atoms in total. The molecule has 1 N–H and O–H groups in total. The zero-order valence-electron chi connectivity index (χ0n) is 18.7. The lowest BCUT2D eigenvalue weighted by Crippen LogP contribution is -2.05. The van der Waals surface area contributed by atoms with Crippen molar-refractivity contribution in [2.45, 2.75) is 18.4 Å². The molecule has 8 heteroatoms. The van der Waals surface area contributed by atoms with Gasteiger partial charge >= 0.3 is 0 Å². The van der Waals surface area contributed by atoms with Gasteiger partial charge < -0.3 is 9.88 Å². The number of nitrogens with zero attached hydrogens (tertiary/aromatic N) is 2. The highest BCUT2D eigenvalue weighted by Crippen LogP contribution is 2.32. The molecule has 0 atom stereocenters. The maximum absolute atomic E-state index is 11.8. The summed E-state index contributed by atoms with van der Waals surface area (Å²) in [4.78, 5) is 5.15. The quantitative estimate of drug-likeness (QED) is 0.265. The fourth-order valence-corrected chi connectivity index (χ4v) is 5.65. The number of nitrogens with one attached hydrogen (secondary N) is 1. The fraction of sp³-hybridized carbons (Fsp3) is 0.115. The number of halogens is 1. The van der Waals surface area contributed by atoms with Crippen LogP contribution in [0.5, 0.6) is 0 Å². The van der Waals surface area contributed by atoms with Crippen molar-refractivity contribution >= 4 is 71.1 Å². The number of thiophene rings is 1. The lowest BCUT2D eigenvalue weighted by atomic mass is 10.1. The predicted molar refractivity (Wildman–Crippen MR) is 143 cm³/mol. The van der Waals surface area contributed by atoms with Crippen molar-refractivity contribution in [1.29, 1.82) is 0 Å². The number of hydrogen-bond acceptors (Lipinski definition) is 5. The highest BCUT2D eigenvalue weighted by atomic mass is 35.5.